The number of hydrogen-bond donors (Lipinski definition) is 1. The number of hydrogen-bond acceptors (Lipinski definition) is 3. The van der Waals surface area contributed by atoms with E-state index in [1.54, 1.807) is 0 Å². The first-order chi connectivity index (χ1) is 12.8. The molecule has 2 aromatic carbocycles. The molecule has 0 bridgehead atoms. The summed E-state index contributed by atoms with van der Waals surface area (Å²) in [6.45, 7) is 2.31. The van der Waals surface area contributed by atoms with E-state index in [1.807, 2.05) is 35.4 Å². The maximum Gasteiger partial charge on any atom is 0.224 e. The van der Waals surface area contributed by atoms with Crippen molar-refractivity contribution in [3.8, 4) is 0 Å². The predicted molar refractivity (Wildman–Crippen MR) is 104 cm³/mol. The molecule has 4 rings (SSSR count). The zero-order valence-corrected chi connectivity index (χ0v) is 14.8. The molecule has 4 nitrogen and oxygen atoms in total. The highest BCUT2D eigenvalue weighted by molar-refractivity contribution is 5.81. The molecule has 26 heavy (non-hydrogen) atoms. The number of aromatic nitrogens is 1. The summed E-state index contributed by atoms with van der Waals surface area (Å²) in [6, 6.07) is 20.8. The maximum atomic E-state index is 12.3. The molecule has 2 heterocycles. The van der Waals surface area contributed by atoms with Gasteiger partial charge in [-0.05, 0) is 23.6 Å². The van der Waals surface area contributed by atoms with Crippen LogP contribution in [-0.4, -0.2) is 34.9 Å². The number of carbonyl (C=O) groups is 1. The van der Waals surface area contributed by atoms with Gasteiger partial charge in [-0.2, -0.15) is 0 Å². The second kappa shape index (κ2) is 7.67. The Labute approximate surface area is 153 Å². The van der Waals surface area contributed by atoms with Crippen molar-refractivity contribution in [1.29, 1.82) is 0 Å². The molecule has 1 fully saturated rings. The standard InChI is InChI=1S/C22H23N3O/c26-21-14-20(16-25(21)13-11-17-6-2-1-3-7-17)24-15-19-9-4-8-18-10-5-12-23-22(18)19/h1-10,12,20,24H,11,13-16H2. The van der Waals surface area contributed by atoms with Gasteiger partial charge in [0.05, 0.1) is 5.52 Å². The molecule has 0 spiro atoms. The van der Waals surface area contributed by atoms with E-state index >= 15 is 0 Å². The Kier molecular flexibility index (Phi) is 4.93. The summed E-state index contributed by atoms with van der Waals surface area (Å²) in [5.41, 5.74) is 3.49. The largest absolute Gasteiger partial charge is 0.341 e. The number of para-hydroxylation sites is 1. The molecule has 1 saturated heterocycles. The fraction of sp³-hybridized carbons (Fsp3) is 0.273. The van der Waals surface area contributed by atoms with Crippen LogP contribution in [0.1, 0.15) is 17.5 Å². The third-order valence-electron chi connectivity index (χ3n) is 5.03. The fourth-order valence-electron chi connectivity index (χ4n) is 3.60. The van der Waals surface area contributed by atoms with Crippen molar-refractivity contribution in [2.45, 2.75) is 25.4 Å². The Morgan fingerprint density at radius 2 is 1.88 bits per heavy atom. The summed E-state index contributed by atoms with van der Waals surface area (Å²) in [6.07, 6.45) is 3.32. The van der Waals surface area contributed by atoms with Crippen LogP contribution in [-0.2, 0) is 17.8 Å². The molecular formula is C22H23N3O. The molecule has 0 saturated carbocycles. The summed E-state index contributed by atoms with van der Waals surface area (Å²) < 4.78 is 0. The Morgan fingerprint density at radius 1 is 1.04 bits per heavy atom. The van der Waals surface area contributed by atoms with Gasteiger partial charge >= 0.3 is 0 Å². The Bertz CT molecular complexity index is 889. The highest BCUT2D eigenvalue weighted by atomic mass is 16.2. The smallest absolute Gasteiger partial charge is 0.224 e. The van der Waals surface area contributed by atoms with Crippen LogP contribution < -0.4 is 5.32 Å². The summed E-state index contributed by atoms with van der Waals surface area (Å²) >= 11 is 0. The van der Waals surface area contributed by atoms with Crippen LogP contribution in [0.25, 0.3) is 10.9 Å². The molecule has 4 heteroatoms. The van der Waals surface area contributed by atoms with Crippen LogP contribution in [0, 0.1) is 0 Å². The summed E-state index contributed by atoms with van der Waals surface area (Å²) in [4.78, 5) is 18.8. The Morgan fingerprint density at radius 3 is 2.77 bits per heavy atom. The van der Waals surface area contributed by atoms with Gasteiger partial charge in [-0.25, -0.2) is 0 Å². The van der Waals surface area contributed by atoms with Crippen LogP contribution in [0.4, 0.5) is 0 Å². The van der Waals surface area contributed by atoms with E-state index in [-0.39, 0.29) is 11.9 Å². The van der Waals surface area contributed by atoms with E-state index < -0.39 is 0 Å². The fourth-order valence-corrected chi connectivity index (χ4v) is 3.60. The third-order valence-corrected chi connectivity index (χ3v) is 5.03. The summed E-state index contributed by atoms with van der Waals surface area (Å²) in [7, 11) is 0. The number of likely N-dealkylation sites (tertiary alicyclic amines) is 1. The van der Waals surface area contributed by atoms with Gasteiger partial charge in [0.1, 0.15) is 0 Å². The number of nitrogens with zero attached hydrogens (tertiary/aromatic N) is 2. The molecule has 1 atom stereocenters. The number of fused-ring (bicyclic) bond motifs is 1. The normalized spacial score (nSPS) is 17.2. The minimum atomic E-state index is 0.206. The monoisotopic (exact) mass is 345 g/mol. The lowest BCUT2D eigenvalue weighted by atomic mass is 10.1. The zero-order valence-electron chi connectivity index (χ0n) is 14.8. The first-order valence-corrected chi connectivity index (χ1v) is 9.17. The number of pyridine rings is 1. The van der Waals surface area contributed by atoms with Crippen LogP contribution in [0.3, 0.4) is 0 Å². The van der Waals surface area contributed by atoms with Crippen molar-refractivity contribution in [2.75, 3.05) is 13.1 Å². The van der Waals surface area contributed by atoms with E-state index in [0.717, 1.165) is 37.0 Å². The van der Waals surface area contributed by atoms with Crippen molar-refractivity contribution in [3.05, 3.63) is 78.0 Å². The Hall–Kier alpha value is -2.72. The number of rotatable bonds is 6. The van der Waals surface area contributed by atoms with Gasteiger partial charge in [0.15, 0.2) is 0 Å². The van der Waals surface area contributed by atoms with Gasteiger partial charge in [-0.3, -0.25) is 9.78 Å². The second-order valence-electron chi connectivity index (χ2n) is 6.85. The molecule has 3 aromatic rings. The highest BCUT2D eigenvalue weighted by Gasteiger charge is 2.28. The van der Waals surface area contributed by atoms with E-state index in [2.05, 4.69) is 46.7 Å². The van der Waals surface area contributed by atoms with E-state index in [9.17, 15) is 4.79 Å². The molecule has 1 aromatic heterocycles. The molecule has 1 unspecified atom stereocenters. The number of carbonyl (C=O) groups excluding carboxylic acids is 1. The topological polar surface area (TPSA) is 45.2 Å². The van der Waals surface area contributed by atoms with Gasteiger partial charge in [0.25, 0.3) is 0 Å². The lowest BCUT2D eigenvalue weighted by Gasteiger charge is -2.17. The average molecular weight is 345 g/mol. The van der Waals surface area contributed by atoms with Gasteiger partial charge < -0.3 is 10.2 Å². The van der Waals surface area contributed by atoms with E-state index in [0.29, 0.717) is 6.42 Å². The summed E-state index contributed by atoms with van der Waals surface area (Å²) in [5, 5.41) is 4.70. The van der Waals surface area contributed by atoms with Crippen molar-refractivity contribution < 1.29 is 4.79 Å². The number of nitrogens with one attached hydrogen (secondary N) is 1. The quantitative estimate of drug-likeness (QED) is 0.746. The predicted octanol–water partition coefficient (Wildman–Crippen LogP) is 3.17. The lowest BCUT2D eigenvalue weighted by molar-refractivity contribution is -0.127. The average Bonchev–Trinajstić information content (AvgIpc) is 3.05. The van der Waals surface area contributed by atoms with Crippen LogP contribution in [0.5, 0.6) is 0 Å². The van der Waals surface area contributed by atoms with Crippen LogP contribution in [0.2, 0.25) is 0 Å². The summed E-state index contributed by atoms with van der Waals surface area (Å²) in [5.74, 6) is 0.245. The molecule has 1 amide bonds. The first kappa shape index (κ1) is 16.7. The lowest BCUT2D eigenvalue weighted by Crippen LogP contribution is -2.33. The molecule has 0 aliphatic carbocycles. The highest BCUT2D eigenvalue weighted by Crippen LogP contribution is 2.17. The van der Waals surface area contributed by atoms with E-state index in [1.165, 1.54) is 11.1 Å². The zero-order chi connectivity index (χ0) is 17.8. The minimum Gasteiger partial charge on any atom is -0.341 e. The molecule has 1 aliphatic rings. The van der Waals surface area contributed by atoms with E-state index in [4.69, 9.17) is 0 Å². The van der Waals surface area contributed by atoms with Gasteiger partial charge in [0, 0.05) is 43.7 Å². The third kappa shape index (κ3) is 3.75. The number of benzene rings is 2. The second-order valence-corrected chi connectivity index (χ2v) is 6.85. The molecule has 0 radical (unpaired) electrons. The van der Waals surface area contributed by atoms with Gasteiger partial charge in [-0.1, -0.05) is 54.6 Å². The van der Waals surface area contributed by atoms with Crippen molar-refractivity contribution in [1.82, 2.24) is 15.2 Å². The SMILES string of the molecule is O=C1CC(NCc2cccc3cccnc23)CN1CCc1ccccc1. The number of amides is 1. The van der Waals surface area contributed by atoms with Gasteiger partial charge in [-0.15, -0.1) is 0 Å². The minimum absolute atomic E-state index is 0.206. The van der Waals surface area contributed by atoms with Crippen molar-refractivity contribution in [2.24, 2.45) is 0 Å². The van der Waals surface area contributed by atoms with Crippen LogP contribution in [0.15, 0.2) is 66.9 Å². The van der Waals surface area contributed by atoms with Crippen LogP contribution >= 0.6 is 0 Å². The molecular weight excluding hydrogens is 322 g/mol. The maximum absolute atomic E-state index is 12.3. The molecule has 132 valence electrons. The molecule has 1 aliphatic heterocycles. The Balaban J connectivity index is 1.34. The van der Waals surface area contributed by atoms with Crippen molar-refractivity contribution >= 4 is 16.8 Å². The van der Waals surface area contributed by atoms with Gasteiger partial charge in [0.2, 0.25) is 5.91 Å². The van der Waals surface area contributed by atoms with Crippen molar-refractivity contribution in [3.63, 3.8) is 0 Å². The first-order valence-electron chi connectivity index (χ1n) is 9.17. The molecule has 1 N–H and O–H groups in total.